The van der Waals surface area contributed by atoms with E-state index in [4.69, 9.17) is 15.7 Å². The van der Waals surface area contributed by atoms with Crippen LogP contribution >= 0.6 is 0 Å². The van der Waals surface area contributed by atoms with Gasteiger partial charge in [0.15, 0.2) is 5.82 Å². The molecule has 3 aliphatic heterocycles. The number of benzene rings is 2. The quantitative estimate of drug-likeness (QED) is 0.275. The van der Waals surface area contributed by atoms with Crippen LogP contribution in [0.3, 0.4) is 0 Å². The molecule has 3 aliphatic rings. The number of rotatable bonds is 6. The number of pyridine rings is 1. The Balaban J connectivity index is 1.14. The molecule has 3 N–H and O–H groups in total. The predicted molar refractivity (Wildman–Crippen MR) is 175 cm³/mol. The third kappa shape index (κ3) is 5.83. The molecule has 0 bridgehead atoms. The van der Waals surface area contributed by atoms with E-state index in [1.807, 2.05) is 48.4 Å². The Morgan fingerprint density at radius 1 is 1.04 bits per heavy atom. The van der Waals surface area contributed by atoms with E-state index in [9.17, 15) is 0 Å². The number of aromatic nitrogens is 4. The van der Waals surface area contributed by atoms with Gasteiger partial charge in [0.25, 0.3) is 0 Å². The summed E-state index contributed by atoms with van der Waals surface area (Å²) in [5, 5.41) is 24.9. The summed E-state index contributed by atoms with van der Waals surface area (Å²) in [4.78, 5) is 23.8. The molecular formula is C34H33N11. The van der Waals surface area contributed by atoms with Crippen molar-refractivity contribution in [3.8, 4) is 17.3 Å². The number of amidine groups is 1. The van der Waals surface area contributed by atoms with E-state index >= 15 is 0 Å². The van der Waals surface area contributed by atoms with Crippen LogP contribution in [0.15, 0.2) is 96.6 Å². The first-order chi connectivity index (χ1) is 22.1. The molecule has 5 heterocycles. The van der Waals surface area contributed by atoms with Crippen LogP contribution in [0.2, 0.25) is 0 Å². The summed E-state index contributed by atoms with van der Waals surface area (Å²) in [5.41, 5.74) is 5.85. The monoisotopic (exact) mass is 595 g/mol. The molecule has 11 nitrogen and oxygen atoms in total. The molecule has 0 aliphatic carbocycles. The molecule has 1 atom stereocenters. The van der Waals surface area contributed by atoms with Gasteiger partial charge in [-0.3, -0.25) is 15.2 Å². The second-order valence-corrected chi connectivity index (χ2v) is 11.4. The third-order valence-electron chi connectivity index (χ3n) is 8.30. The highest BCUT2D eigenvalue weighted by atomic mass is 15.4. The normalized spacial score (nSPS) is 19.6. The maximum atomic E-state index is 9.11. The van der Waals surface area contributed by atoms with E-state index in [0.29, 0.717) is 18.3 Å². The molecule has 224 valence electrons. The minimum absolute atomic E-state index is 0.116. The Bertz CT molecular complexity index is 1830. The van der Waals surface area contributed by atoms with Gasteiger partial charge in [0.2, 0.25) is 11.8 Å². The van der Waals surface area contributed by atoms with Gasteiger partial charge in [-0.25, -0.2) is 15.0 Å². The summed E-state index contributed by atoms with van der Waals surface area (Å²) in [5.74, 6) is 2.66. The van der Waals surface area contributed by atoms with Gasteiger partial charge < -0.3 is 15.5 Å². The fourth-order valence-electron chi connectivity index (χ4n) is 6.04. The van der Waals surface area contributed by atoms with Crippen molar-refractivity contribution in [1.29, 1.82) is 10.7 Å². The van der Waals surface area contributed by atoms with Gasteiger partial charge in [0.1, 0.15) is 24.1 Å². The van der Waals surface area contributed by atoms with Crippen molar-refractivity contribution in [3.63, 3.8) is 0 Å². The van der Waals surface area contributed by atoms with Crippen molar-refractivity contribution in [2.45, 2.75) is 25.4 Å². The van der Waals surface area contributed by atoms with Crippen molar-refractivity contribution < 1.29 is 0 Å². The first-order valence-electron chi connectivity index (χ1n) is 15.1. The summed E-state index contributed by atoms with van der Waals surface area (Å²) < 4.78 is 0. The van der Waals surface area contributed by atoms with Gasteiger partial charge in [-0.2, -0.15) is 10.2 Å². The lowest BCUT2D eigenvalue weighted by Crippen LogP contribution is -2.41. The lowest BCUT2D eigenvalue weighted by Gasteiger charge is -2.33. The Morgan fingerprint density at radius 2 is 1.89 bits per heavy atom. The topological polar surface area (TPSA) is 133 Å². The van der Waals surface area contributed by atoms with E-state index in [2.05, 4.69) is 83.9 Å². The zero-order chi connectivity index (χ0) is 30.8. The standard InChI is InChI=1S/C34H33N11/c1-43-17-6-10-27(31(43)36)32-41-29-16-15-28(24-7-3-2-4-8-24)40-33(29)45(32)26-13-11-23(12-14-26)20-44-18-5-9-25(21-44)39-34-38-22-37-30(19-35)42-34/h2-4,6-8,10-16,22,25,36,41H,5,9,17-18,20-21H2,1H3,(H,37,38,39,42)/b32-27+,36-31?/t25-/m0/s1. The molecule has 0 spiro atoms. The number of anilines is 4. The number of nitrogens with zero attached hydrogens (tertiary/aromatic N) is 8. The van der Waals surface area contributed by atoms with E-state index in [1.54, 1.807) is 0 Å². The maximum Gasteiger partial charge on any atom is 0.236 e. The lowest BCUT2D eigenvalue weighted by molar-refractivity contribution is 0.208. The first-order valence-corrected chi connectivity index (χ1v) is 15.1. The predicted octanol–water partition coefficient (Wildman–Crippen LogP) is 5.14. The molecule has 2 aromatic heterocycles. The van der Waals surface area contributed by atoms with Gasteiger partial charge in [-0.05, 0) is 55.3 Å². The van der Waals surface area contributed by atoms with Crippen LogP contribution in [-0.2, 0) is 6.54 Å². The summed E-state index contributed by atoms with van der Waals surface area (Å²) in [6.45, 7) is 3.38. The van der Waals surface area contributed by atoms with E-state index in [-0.39, 0.29) is 11.9 Å². The largest absolute Gasteiger partial charge is 0.356 e. The average Bonchev–Trinajstić information content (AvgIpc) is 3.45. The van der Waals surface area contributed by atoms with Crippen LogP contribution < -0.4 is 15.5 Å². The maximum absolute atomic E-state index is 9.11. The highest BCUT2D eigenvalue weighted by molar-refractivity contribution is 6.03. The molecule has 45 heavy (non-hydrogen) atoms. The molecule has 0 unspecified atom stereocenters. The SMILES string of the molecule is CN1CC=C/C(=C2/Nc3ccc(-c4ccccc4)nc3N2c2ccc(CN3CCC[C@H](Nc4ncnc(C#N)n4)C3)cc2)C1=N. The molecule has 2 aromatic carbocycles. The Kier molecular flexibility index (Phi) is 7.63. The highest BCUT2D eigenvalue weighted by Gasteiger charge is 2.32. The number of fused-ring (bicyclic) bond motifs is 1. The molecule has 7 rings (SSSR count). The van der Waals surface area contributed by atoms with Crippen molar-refractivity contribution >= 4 is 29.0 Å². The van der Waals surface area contributed by atoms with Crippen LogP contribution in [0.4, 0.5) is 23.1 Å². The Labute approximate surface area is 262 Å². The Morgan fingerprint density at radius 3 is 2.71 bits per heavy atom. The summed E-state index contributed by atoms with van der Waals surface area (Å²) in [6, 6.07) is 25.1. The fraction of sp³-hybridized carbons (Fsp3) is 0.235. The summed E-state index contributed by atoms with van der Waals surface area (Å²) in [7, 11) is 1.94. The highest BCUT2D eigenvalue weighted by Crippen LogP contribution is 2.43. The van der Waals surface area contributed by atoms with Crippen molar-refractivity contribution in [2.75, 3.05) is 42.2 Å². The number of likely N-dealkylation sites (N-methyl/N-ethyl adjacent to an activating group) is 1. The molecule has 1 saturated heterocycles. The van der Waals surface area contributed by atoms with Gasteiger partial charge in [0.05, 0.1) is 17.0 Å². The smallest absolute Gasteiger partial charge is 0.236 e. The number of piperidine rings is 1. The lowest BCUT2D eigenvalue weighted by atomic mass is 10.0. The second-order valence-electron chi connectivity index (χ2n) is 11.4. The van der Waals surface area contributed by atoms with Crippen molar-refractivity contribution in [3.05, 3.63) is 108 Å². The van der Waals surface area contributed by atoms with Gasteiger partial charge in [-0.15, -0.1) is 0 Å². The second kappa shape index (κ2) is 12.2. The molecule has 0 saturated carbocycles. The first kappa shape index (κ1) is 28.2. The average molecular weight is 596 g/mol. The van der Waals surface area contributed by atoms with Crippen molar-refractivity contribution in [2.24, 2.45) is 0 Å². The van der Waals surface area contributed by atoms with Crippen LogP contribution in [0.25, 0.3) is 11.3 Å². The van der Waals surface area contributed by atoms with Crippen LogP contribution in [-0.4, -0.2) is 68.3 Å². The van der Waals surface area contributed by atoms with Crippen LogP contribution in [0.1, 0.15) is 24.2 Å². The van der Waals surface area contributed by atoms with Crippen LogP contribution in [0, 0.1) is 16.7 Å². The number of nitriles is 1. The summed E-state index contributed by atoms with van der Waals surface area (Å²) in [6.07, 6.45) is 7.55. The van der Waals surface area contributed by atoms with E-state index in [0.717, 1.165) is 72.3 Å². The summed E-state index contributed by atoms with van der Waals surface area (Å²) >= 11 is 0. The minimum Gasteiger partial charge on any atom is -0.356 e. The van der Waals surface area contributed by atoms with Gasteiger partial charge >= 0.3 is 0 Å². The van der Waals surface area contributed by atoms with Crippen LogP contribution in [0.5, 0.6) is 0 Å². The minimum atomic E-state index is 0.116. The fourth-order valence-corrected chi connectivity index (χ4v) is 6.04. The molecule has 0 radical (unpaired) electrons. The molecular weight excluding hydrogens is 562 g/mol. The molecule has 0 amide bonds. The number of hydrogen-bond donors (Lipinski definition) is 3. The molecule has 4 aromatic rings. The zero-order valence-electron chi connectivity index (χ0n) is 25.0. The number of hydrogen-bond acceptors (Lipinski definition) is 10. The van der Waals surface area contributed by atoms with Crippen molar-refractivity contribution in [1.82, 2.24) is 29.7 Å². The Hall–Kier alpha value is -5.60. The molecule has 1 fully saturated rings. The number of likely N-dealkylation sites (tertiary alicyclic amines) is 1. The van der Waals surface area contributed by atoms with Gasteiger partial charge in [-0.1, -0.05) is 48.5 Å². The third-order valence-corrected chi connectivity index (χ3v) is 8.30. The number of nitrogens with one attached hydrogen (secondary N) is 3. The molecule has 11 heteroatoms. The van der Waals surface area contributed by atoms with Gasteiger partial charge in [0, 0.05) is 44.0 Å². The zero-order valence-corrected chi connectivity index (χ0v) is 25.0. The van der Waals surface area contributed by atoms with E-state index < -0.39 is 0 Å². The van der Waals surface area contributed by atoms with E-state index in [1.165, 1.54) is 11.9 Å².